The molecule has 0 saturated heterocycles. The van der Waals surface area contributed by atoms with Crippen molar-refractivity contribution < 1.29 is 34.9 Å². The van der Waals surface area contributed by atoms with Gasteiger partial charge >= 0.3 is 33.0 Å². The second kappa shape index (κ2) is 10.1. The quantitative estimate of drug-likeness (QED) is 0.143. The summed E-state index contributed by atoms with van der Waals surface area (Å²) in [6, 6.07) is 32.4. The van der Waals surface area contributed by atoms with Crippen LogP contribution < -0.4 is 0 Å². The van der Waals surface area contributed by atoms with Crippen molar-refractivity contribution in [1.82, 2.24) is 4.90 Å². The van der Waals surface area contributed by atoms with Crippen LogP contribution in [0.5, 0.6) is 0 Å². The minimum absolute atomic E-state index is 0.120. The van der Waals surface area contributed by atoms with Crippen LogP contribution in [0.1, 0.15) is 30.5 Å². The summed E-state index contributed by atoms with van der Waals surface area (Å²) in [5.41, 5.74) is 3.29. The van der Waals surface area contributed by atoms with E-state index in [0.717, 1.165) is 13.1 Å². The molecule has 0 fully saturated rings. The van der Waals surface area contributed by atoms with E-state index in [9.17, 15) is 30.3 Å². The summed E-state index contributed by atoms with van der Waals surface area (Å²) in [6.07, 6.45) is 2.24. The van der Waals surface area contributed by atoms with Gasteiger partial charge in [-0.2, -0.15) is 0 Å². The first-order chi connectivity index (χ1) is 17.1. The Hall–Kier alpha value is -2.90. The first kappa shape index (κ1) is 28.7. The van der Waals surface area contributed by atoms with E-state index in [1.807, 2.05) is 0 Å². The SMILES string of the molecule is CC(C)[C@@H](CO)[N+]1=CN(C(c2ccccc2)(c2ccccc2)c2ccccc2)CC1.F[P-](F)(F)(F)(F)F. The number of aliphatic hydroxyl groups excluding tert-OH is 1. The van der Waals surface area contributed by atoms with Gasteiger partial charge in [0.25, 0.3) is 0 Å². The van der Waals surface area contributed by atoms with Gasteiger partial charge in [0, 0.05) is 16.7 Å². The van der Waals surface area contributed by atoms with Crippen molar-refractivity contribution in [3.8, 4) is 0 Å². The zero-order chi connectivity index (χ0) is 27.4. The standard InChI is InChI=1S/C27H31N2O.F6P/c1-22(2)26(20-30)28-18-19-29(21-28)27(23-12-6-3-7-13-23,24-14-8-4-9-15-24)25-16-10-5-11-17-25;1-7(2,3,4,5)6/h3-17,21-22,26,30H,18-20H2,1-2H3;/q+1;-1/t26-;/m1./s1. The topological polar surface area (TPSA) is 26.5 Å². The first-order valence-electron chi connectivity index (χ1n) is 11.8. The van der Waals surface area contributed by atoms with Crippen LogP contribution in [0.25, 0.3) is 0 Å². The number of hydrogen-bond donors (Lipinski definition) is 1. The second-order valence-corrected chi connectivity index (χ2v) is 11.2. The maximum atomic E-state index is 10.0. The van der Waals surface area contributed by atoms with Gasteiger partial charge in [0.1, 0.15) is 19.1 Å². The van der Waals surface area contributed by atoms with Gasteiger partial charge in [-0.05, 0) is 5.92 Å². The summed E-state index contributed by atoms with van der Waals surface area (Å²) in [7, 11) is -10.7. The van der Waals surface area contributed by atoms with E-state index in [1.54, 1.807) is 0 Å². The van der Waals surface area contributed by atoms with E-state index in [4.69, 9.17) is 0 Å². The molecule has 0 spiro atoms. The fourth-order valence-corrected chi connectivity index (χ4v) is 4.76. The number of benzene rings is 3. The number of nitrogens with zero attached hydrogens (tertiary/aromatic N) is 2. The van der Waals surface area contributed by atoms with E-state index in [1.165, 1.54) is 16.7 Å². The normalized spacial score (nSPS) is 16.8. The molecule has 4 rings (SSSR count). The molecular formula is C27H31F6N2OP. The van der Waals surface area contributed by atoms with Crippen molar-refractivity contribution in [2.75, 3.05) is 19.7 Å². The molecule has 3 nitrogen and oxygen atoms in total. The van der Waals surface area contributed by atoms with Gasteiger partial charge in [0.15, 0.2) is 5.54 Å². The molecule has 0 unspecified atom stereocenters. The van der Waals surface area contributed by atoms with Gasteiger partial charge in [-0.25, -0.2) is 4.90 Å². The van der Waals surface area contributed by atoms with Crippen LogP contribution in [0.3, 0.4) is 0 Å². The minimum atomic E-state index is -10.7. The van der Waals surface area contributed by atoms with Crippen LogP contribution >= 0.6 is 7.81 Å². The van der Waals surface area contributed by atoms with Crippen LogP contribution in [-0.2, 0) is 5.54 Å². The monoisotopic (exact) mass is 544 g/mol. The fourth-order valence-electron chi connectivity index (χ4n) is 4.76. The van der Waals surface area contributed by atoms with Crippen LogP contribution in [0, 0.1) is 5.92 Å². The number of hydrogen-bond acceptors (Lipinski definition) is 2. The summed E-state index contributed by atoms with van der Waals surface area (Å²) in [4.78, 5) is 2.46. The Morgan fingerprint density at radius 3 is 1.41 bits per heavy atom. The van der Waals surface area contributed by atoms with E-state index in [-0.39, 0.29) is 12.6 Å². The van der Waals surface area contributed by atoms with E-state index >= 15 is 0 Å². The van der Waals surface area contributed by atoms with Crippen molar-refractivity contribution in [3.05, 3.63) is 108 Å². The zero-order valence-electron chi connectivity index (χ0n) is 20.6. The molecule has 1 atom stereocenters. The molecule has 3 aromatic carbocycles. The number of aliphatic hydroxyl groups is 1. The molecule has 10 heteroatoms. The Balaban J connectivity index is 0.000000479. The van der Waals surface area contributed by atoms with Gasteiger partial charge in [-0.3, -0.25) is 4.58 Å². The molecular weight excluding hydrogens is 513 g/mol. The molecule has 0 bridgehead atoms. The Kier molecular flexibility index (Phi) is 7.83. The van der Waals surface area contributed by atoms with Gasteiger partial charge in [-0.1, -0.05) is 105 Å². The zero-order valence-corrected chi connectivity index (χ0v) is 21.5. The molecule has 0 radical (unpaired) electrons. The van der Waals surface area contributed by atoms with Crippen molar-refractivity contribution in [2.24, 2.45) is 5.92 Å². The Morgan fingerprint density at radius 2 is 1.11 bits per heavy atom. The Bertz CT molecular complexity index is 1080. The summed E-state index contributed by atoms with van der Waals surface area (Å²) in [5, 5.41) is 10.0. The Labute approximate surface area is 212 Å². The van der Waals surface area contributed by atoms with Crippen LogP contribution in [-0.4, -0.2) is 46.7 Å². The third-order valence-corrected chi connectivity index (χ3v) is 6.27. The summed E-state index contributed by atoms with van der Waals surface area (Å²) >= 11 is 0. The summed E-state index contributed by atoms with van der Waals surface area (Å²) < 4.78 is 61.5. The molecule has 1 N–H and O–H groups in total. The third kappa shape index (κ3) is 7.79. The maximum absolute atomic E-state index is 10.7. The van der Waals surface area contributed by atoms with Crippen molar-refractivity contribution in [2.45, 2.75) is 25.4 Å². The molecule has 1 aliphatic rings. The molecule has 1 heterocycles. The molecule has 3 aromatic rings. The molecule has 37 heavy (non-hydrogen) atoms. The summed E-state index contributed by atoms with van der Waals surface area (Å²) in [6.45, 7) is 6.31. The van der Waals surface area contributed by atoms with Gasteiger partial charge in [-0.15, -0.1) is 0 Å². The molecule has 0 aromatic heterocycles. The van der Waals surface area contributed by atoms with Crippen molar-refractivity contribution in [1.29, 1.82) is 0 Å². The fraction of sp³-hybridized carbons (Fsp3) is 0.296. The third-order valence-electron chi connectivity index (χ3n) is 6.27. The van der Waals surface area contributed by atoms with Gasteiger partial charge < -0.3 is 5.11 Å². The molecule has 0 amide bonds. The van der Waals surface area contributed by atoms with E-state index < -0.39 is 13.3 Å². The second-order valence-electron chi connectivity index (χ2n) is 9.31. The van der Waals surface area contributed by atoms with E-state index in [2.05, 4.69) is 121 Å². The van der Waals surface area contributed by atoms with Crippen molar-refractivity contribution in [3.63, 3.8) is 0 Å². The average molecular weight is 545 g/mol. The molecule has 202 valence electrons. The number of rotatable bonds is 7. The van der Waals surface area contributed by atoms with Gasteiger partial charge in [0.05, 0.1) is 6.61 Å². The summed E-state index contributed by atoms with van der Waals surface area (Å²) in [5.74, 6) is 0.380. The van der Waals surface area contributed by atoms with Crippen molar-refractivity contribution >= 4 is 14.1 Å². The molecule has 1 aliphatic heterocycles. The van der Waals surface area contributed by atoms with Crippen LogP contribution in [0.2, 0.25) is 0 Å². The van der Waals surface area contributed by atoms with Gasteiger partial charge in [0.2, 0.25) is 6.34 Å². The van der Waals surface area contributed by atoms with Crippen LogP contribution in [0.15, 0.2) is 91.0 Å². The Morgan fingerprint density at radius 1 is 0.757 bits per heavy atom. The number of halogens is 6. The van der Waals surface area contributed by atoms with E-state index in [0.29, 0.717) is 5.92 Å². The van der Waals surface area contributed by atoms with Crippen LogP contribution in [0.4, 0.5) is 25.2 Å². The predicted octanol–water partition coefficient (Wildman–Crippen LogP) is 7.73. The average Bonchev–Trinajstić information content (AvgIpc) is 3.30. The molecule has 0 aliphatic carbocycles. The molecule has 0 saturated carbocycles. The predicted molar refractivity (Wildman–Crippen MR) is 136 cm³/mol. The first-order valence-corrected chi connectivity index (χ1v) is 13.9.